The second-order valence-corrected chi connectivity index (χ2v) is 3.38. The molecule has 8 nitrogen and oxygen atoms in total. The fourth-order valence-corrected chi connectivity index (χ4v) is 1.34. The number of rotatable bonds is 5. The molecule has 9 heteroatoms. The summed E-state index contributed by atoms with van der Waals surface area (Å²) in [6, 6.07) is 3.43. The Bertz CT molecular complexity index is 544. The summed E-state index contributed by atoms with van der Waals surface area (Å²) in [6.45, 7) is 0.793. The Labute approximate surface area is 101 Å². The minimum Gasteiger partial charge on any atom is -0.381 e. The summed E-state index contributed by atoms with van der Waals surface area (Å²) in [5.74, 6) is -0.671. The van der Waals surface area contributed by atoms with Gasteiger partial charge in [0.25, 0.3) is 5.69 Å². The van der Waals surface area contributed by atoms with E-state index in [4.69, 9.17) is 0 Å². The molecule has 1 heterocycles. The summed E-state index contributed by atoms with van der Waals surface area (Å²) in [6.07, 6.45) is 1.30. The van der Waals surface area contributed by atoms with Crippen molar-refractivity contribution < 1.29 is 9.31 Å². The molecule has 1 aromatic heterocycles. The minimum atomic E-state index is -0.671. The molecule has 0 aliphatic heterocycles. The number of nitro benzene ring substituents is 1. The number of hydrogen-bond acceptors (Lipinski definition) is 6. The molecular weight excluding hydrogens is 243 g/mol. The molecule has 0 bridgehead atoms. The van der Waals surface area contributed by atoms with Crippen LogP contribution in [0.4, 0.5) is 15.8 Å². The van der Waals surface area contributed by atoms with E-state index in [1.807, 2.05) is 0 Å². The van der Waals surface area contributed by atoms with Gasteiger partial charge in [0.2, 0.25) is 0 Å². The van der Waals surface area contributed by atoms with Gasteiger partial charge in [-0.15, -0.1) is 10.2 Å². The van der Waals surface area contributed by atoms with Crippen LogP contribution in [0.15, 0.2) is 24.5 Å². The Balaban J connectivity index is 1.95. The Hall–Kier alpha value is -2.58. The number of hydrogen-bond donors (Lipinski definition) is 1. The lowest BCUT2D eigenvalue weighted by molar-refractivity contribution is -0.385. The largest absolute Gasteiger partial charge is 0.381 e. The standard InChI is InChI=1S/C9H9FN6O2/c10-8-5-7(16(17)18)1-2-9(8)11-3-4-15-13-6-12-14-15/h1-2,5-6,11H,3-4H2. The molecule has 0 amide bonds. The maximum absolute atomic E-state index is 13.5. The van der Waals surface area contributed by atoms with E-state index >= 15 is 0 Å². The Morgan fingerprint density at radius 2 is 2.33 bits per heavy atom. The van der Waals surface area contributed by atoms with Crippen LogP contribution in [0.2, 0.25) is 0 Å². The fraction of sp³-hybridized carbons (Fsp3) is 0.222. The molecule has 0 radical (unpaired) electrons. The molecule has 0 aliphatic carbocycles. The predicted octanol–water partition coefficient (Wildman–Crippen LogP) is 0.832. The molecular formula is C9H9FN6O2. The lowest BCUT2D eigenvalue weighted by Crippen LogP contribution is -2.13. The van der Waals surface area contributed by atoms with Crippen LogP contribution >= 0.6 is 0 Å². The monoisotopic (exact) mass is 252 g/mol. The summed E-state index contributed by atoms with van der Waals surface area (Å²) in [4.78, 5) is 11.1. The first-order chi connectivity index (χ1) is 8.66. The quantitative estimate of drug-likeness (QED) is 0.625. The Morgan fingerprint density at radius 3 is 2.94 bits per heavy atom. The molecule has 1 N–H and O–H groups in total. The van der Waals surface area contributed by atoms with E-state index in [2.05, 4.69) is 20.7 Å². The van der Waals surface area contributed by atoms with Crippen LogP contribution in [-0.4, -0.2) is 31.7 Å². The van der Waals surface area contributed by atoms with Crippen LogP contribution in [0, 0.1) is 15.9 Å². The van der Waals surface area contributed by atoms with Gasteiger partial charge in [-0.3, -0.25) is 10.1 Å². The summed E-state index contributed by atoms with van der Waals surface area (Å²) in [7, 11) is 0. The van der Waals surface area contributed by atoms with Gasteiger partial charge in [0.1, 0.15) is 0 Å². The summed E-state index contributed by atoms with van der Waals surface area (Å²) in [5, 5.41) is 24.2. The molecule has 0 unspecified atom stereocenters. The van der Waals surface area contributed by atoms with Gasteiger partial charge in [0, 0.05) is 12.6 Å². The minimum absolute atomic E-state index is 0.195. The second-order valence-electron chi connectivity index (χ2n) is 3.38. The molecule has 2 aromatic rings. The first kappa shape index (κ1) is 11.9. The van der Waals surface area contributed by atoms with Gasteiger partial charge < -0.3 is 5.32 Å². The number of nitro groups is 1. The number of tetrazole rings is 1. The molecule has 0 saturated heterocycles. The van der Waals surface area contributed by atoms with E-state index in [-0.39, 0.29) is 11.4 Å². The van der Waals surface area contributed by atoms with Gasteiger partial charge in [-0.05, 0) is 11.3 Å². The molecule has 18 heavy (non-hydrogen) atoms. The van der Waals surface area contributed by atoms with Crippen molar-refractivity contribution in [2.45, 2.75) is 6.54 Å². The van der Waals surface area contributed by atoms with Gasteiger partial charge in [-0.2, -0.15) is 4.80 Å². The van der Waals surface area contributed by atoms with Gasteiger partial charge >= 0.3 is 0 Å². The molecule has 0 atom stereocenters. The normalized spacial score (nSPS) is 10.3. The van der Waals surface area contributed by atoms with Crippen LogP contribution in [0.25, 0.3) is 0 Å². The third-order valence-corrected chi connectivity index (χ3v) is 2.18. The van der Waals surface area contributed by atoms with Crippen LogP contribution < -0.4 is 5.32 Å². The smallest absolute Gasteiger partial charge is 0.272 e. The number of halogens is 1. The molecule has 1 aromatic carbocycles. The van der Waals surface area contributed by atoms with Crippen molar-refractivity contribution >= 4 is 11.4 Å². The number of nitrogens with zero attached hydrogens (tertiary/aromatic N) is 5. The van der Waals surface area contributed by atoms with Crippen molar-refractivity contribution in [3.05, 3.63) is 40.5 Å². The van der Waals surface area contributed by atoms with E-state index in [1.54, 1.807) is 0 Å². The first-order valence-electron chi connectivity index (χ1n) is 5.05. The van der Waals surface area contributed by atoms with Gasteiger partial charge in [-0.25, -0.2) is 4.39 Å². The first-order valence-corrected chi connectivity index (χ1v) is 5.05. The predicted molar refractivity (Wildman–Crippen MR) is 59.4 cm³/mol. The van der Waals surface area contributed by atoms with Gasteiger partial charge in [0.15, 0.2) is 12.1 Å². The van der Waals surface area contributed by atoms with Gasteiger partial charge in [-0.1, -0.05) is 0 Å². The highest BCUT2D eigenvalue weighted by molar-refractivity contribution is 5.49. The average molecular weight is 252 g/mol. The van der Waals surface area contributed by atoms with E-state index in [9.17, 15) is 14.5 Å². The van der Waals surface area contributed by atoms with E-state index in [1.165, 1.54) is 23.3 Å². The third kappa shape index (κ3) is 2.75. The summed E-state index contributed by atoms with van der Waals surface area (Å²) in [5.41, 5.74) is -0.0864. The van der Waals surface area contributed by atoms with E-state index < -0.39 is 10.7 Å². The second kappa shape index (κ2) is 5.17. The average Bonchev–Trinajstić information content (AvgIpc) is 2.84. The lowest BCUT2D eigenvalue weighted by atomic mass is 10.2. The third-order valence-electron chi connectivity index (χ3n) is 2.18. The van der Waals surface area contributed by atoms with Crippen LogP contribution in [-0.2, 0) is 6.54 Å². The van der Waals surface area contributed by atoms with Crippen LogP contribution in [0.3, 0.4) is 0 Å². The lowest BCUT2D eigenvalue weighted by Gasteiger charge is -2.06. The molecule has 2 rings (SSSR count). The van der Waals surface area contributed by atoms with Crippen molar-refractivity contribution in [1.82, 2.24) is 20.2 Å². The zero-order valence-corrected chi connectivity index (χ0v) is 9.15. The zero-order chi connectivity index (χ0) is 13.0. The molecule has 0 spiro atoms. The Morgan fingerprint density at radius 1 is 1.50 bits per heavy atom. The van der Waals surface area contributed by atoms with Crippen molar-refractivity contribution in [1.29, 1.82) is 0 Å². The number of nitrogens with one attached hydrogen (secondary N) is 1. The van der Waals surface area contributed by atoms with Gasteiger partial charge in [0.05, 0.1) is 23.2 Å². The topological polar surface area (TPSA) is 98.8 Å². The molecule has 0 fully saturated rings. The fourth-order valence-electron chi connectivity index (χ4n) is 1.34. The molecule has 0 saturated carbocycles. The van der Waals surface area contributed by atoms with Crippen LogP contribution in [0.1, 0.15) is 0 Å². The Kier molecular flexibility index (Phi) is 3.41. The van der Waals surface area contributed by atoms with Crippen molar-refractivity contribution in [3.8, 4) is 0 Å². The molecule has 0 aliphatic rings. The van der Waals surface area contributed by atoms with Crippen molar-refractivity contribution in [3.63, 3.8) is 0 Å². The highest BCUT2D eigenvalue weighted by atomic mass is 19.1. The highest BCUT2D eigenvalue weighted by Gasteiger charge is 2.10. The number of benzene rings is 1. The number of anilines is 1. The maximum atomic E-state index is 13.5. The van der Waals surface area contributed by atoms with Crippen molar-refractivity contribution in [2.24, 2.45) is 0 Å². The SMILES string of the molecule is O=[N+]([O-])c1ccc(NCCn2ncnn2)c(F)c1. The zero-order valence-electron chi connectivity index (χ0n) is 9.15. The van der Waals surface area contributed by atoms with E-state index in [0.29, 0.717) is 13.1 Å². The number of aromatic nitrogens is 4. The summed E-state index contributed by atoms with van der Waals surface area (Å²) < 4.78 is 13.5. The maximum Gasteiger partial charge on any atom is 0.272 e. The highest BCUT2D eigenvalue weighted by Crippen LogP contribution is 2.20. The summed E-state index contributed by atoms with van der Waals surface area (Å²) >= 11 is 0. The number of non-ortho nitro benzene ring substituents is 1. The van der Waals surface area contributed by atoms with Crippen LogP contribution in [0.5, 0.6) is 0 Å². The molecule has 94 valence electrons. The van der Waals surface area contributed by atoms with Crippen molar-refractivity contribution in [2.75, 3.05) is 11.9 Å². The van der Waals surface area contributed by atoms with E-state index in [0.717, 1.165) is 6.07 Å².